The molecule has 1 saturated heterocycles. The van der Waals surface area contributed by atoms with E-state index in [1.54, 1.807) is 0 Å². The summed E-state index contributed by atoms with van der Waals surface area (Å²) in [6.45, 7) is 5.87. The lowest BCUT2D eigenvalue weighted by molar-refractivity contribution is 0.131. The minimum Gasteiger partial charge on any atom is -0.454 e. The topological polar surface area (TPSA) is 79.0 Å². The summed E-state index contributed by atoms with van der Waals surface area (Å²) in [4.78, 5) is 4.69. The van der Waals surface area contributed by atoms with Crippen molar-refractivity contribution in [3.05, 3.63) is 22.6 Å². The monoisotopic (exact) mass is 515 g/mol. The van der Waals surface area contributed by atoms with Gasteiger partial charge < -0.3 is 24.9 Å². The number of guanidine groups is 1. The minimum atomic E-state index is -0.0248. The zero-order valence-electron chi connectivity index (χ0n) is 14.0. The van der Waals surface area contributed by atoms with Crippen molar-refractivity contribution in [1.82, 2.24) is 10.6 Å². The van der Waals surface area contributed by atoms with Gasteiger partial charge in [-0.25, -0.2) is 0 Å². The number of hydrogen-bond donors (Lipinski definition) is 3. The molecule has 1 aliphatic heterocycles. The Balaban J connectivity index is 0.00000288. The van der Waals surface area contributed by atoms with E-state index >= 15 is 0 Å². The molecule has 0 bridgehead atoms. The van der Waals surface area contributed by atoms with E-state index < -0.39 is 0 Å². The second-order valence-corrected chi connectivity index (χ2v) is 6.64. The first-order valence-electron chi connectivity index (χ1n) is 8.12. The molecule has 0 spiro atoms. The van der Waals surface area contributed by atoms with Crippen molar-refractivity contribution in [2.45, 2.75) is 26.2 Å². The number of ether oxygens (including phenoxy) is 1. The molecule has 1 aromatic heterocycles. The van der Waals surface area contributed by atoms with Crippen LogP contribution in [0.25, 0.3) is 0 Å². The van der Waals surface area contributed by atoms with E-state index in [4.69, 9.17) is 9.15 Å². The van der Waals surface area contributed by atoms with Gasteiger partial charge in [-0.3, -0.25) is 4.99 Å². The third kappa shape index (κ3) is 6.89. The average Bonchev–Trinajstić information content (AvgIpc) is 3.15. The Bertz CT molecular complexity index is 505. The van der Waals surface area contributed by atoms with Crippen molar-refractivity contribution in [3.63, 3.8) is 0 Å². The summed E-state index contributed by atoms with van der Waals surface area (Å²) in [5, 5.41) is 15.9. The van der Waals surface area contributed by atoms with Gasteiger partial charge >= 0.3 is 0 Å². The van der Waals surface area contributed by atoms with Crippen molar-refractivity contribution in [2.75, 3.05) is 39.5 Å². The lowest BCUT2D eigenvalue weighted by Crippen LogP contribution is -2.39. The molecular formula is C16H27BrIN3O3. The number of aliphatic hydroxyl groups is 1. The van der Waals surface area contributed by atoms with Gasteiger partial charge in [0.2, 0.25) is 0 Å². The first kappa shape index (κ1) is 21.7. The summed E-state index contributed by atoms with van der Waals surface area (Å²) in [6, 6.07) is 3.86. The number of hydrogen-bond acceptors (Lipinski definition) is 4. The molecule has 1 aromatic rings. The highest BCUT2D eigenvalue weighted by atomic mass is 127. The predicted octanol–water partition coefficient (Wildman–Crippen LogP) is 2.55. The van der Waals surface area contributed by atoms with Gasteiger partial charge in [0.1, 0.15) is 5.76 Å². The molecule has 8 heteroatoms. The average molecular weight is 516 g/mol. The first-order chi connectivity index (χ1) is 11.2. The standard InChI is InChI=1S/C16H26BrN3O3.HI/c1-2-18-15(19-8-5-13-3-4-14(17)23-13)20-11-16(6-9-21)7-10-22-12-16;/h3-4,21H,2,5-12H2,1H3,(H2,18,19,20);1H. The van der Waals surface area contributed by atoms with E-state index in [-0.39, 0.29) is 36.0 Å². The largest absolute Gasteiger partial charge is 0.454 e. The fourth-order valence-corrected chi connectivity index (χ4v) is 3.01. The number of halogens is 2. The second kappa shape index (κ2) is 11.3. The number of nitrogens with one attached hydrogen (secondary N) is 2. The van der Waals surface area contributed by atoms with Crippen LogP contribution in [0.2, 0.25) is 0 Å². The summed E-state index contributed by atoms with van der Waals surface area (Å²) in [6.07, 6.45) is 2.48. The van der Waals surface area contributed by atoms with Gasteiger partial charge in [0.05, 0.1) is 13.2 Å². The van der Waals surface area contributed by atoms with Crippen molar-refractivity contribution < 1.29 is 14.3 Å². The van der Waals surface area contributed by atoms with Crippen LogP contribution in [0.3, 0.4) is 0 Å². The Morgan fingerprint density at radius 2 is 2.25 bits per heavy atom. The molecule has 0 aliphatic carbocycles. The maximum Gasteiger partial charge on any atom is 0.191 e. The molecule has 1 unspecified atom stereocenters. The van der Waals surface area contributed by atoms with Crippen LogP contribution in [0.1, 0.15) is 25.5 Å². The van der Waals surface area contributed by atoms with Gasteiger partial charge in [-0.2, -0.15) is 0 Å². The molecule has 24 heavy (non-hydrogen) atoms. The van der Waals surface area contributed by atoms with Gasteiger partial charge in [0.15, 0.2) is 10.6 Å². The Kier molecular flexibility index (Phi) is 10.3. The number of aliphatic imine (C=N–C) groups is 1. The molecule has 1 aliphatic rings. The third-order valence-corrected chi connectivity index (χ3v) is 4.46. The number of furan rings is 1. The number of rotatable bonds is 8. The van der Waals surface area contributed by atoms with Crippen molar-refractivity contribution in [3.8, 4) is 0 Å². The summed E-state index contributed by atoms with van der Waals surface area (Å²) >= 11 is 3.31. The van der Waals surface area contributed by atoms with Crippen LogP contribution in [0.15, 0.2) is 26.2 Å². The van der Waals surface area contributed by atoms with E-state index in [2.05, 4.69) is 31.6 Å². The van der Waals surface area contributed by atoms with Crippen LogP contribution in [0.5, 0.6) is 0 Å². The second-order valence-electron chi connectivity index (χ2n) is 5.85. The highest BCUT2D eigenvalue weighted by Gasteiger charge is 2.34. The summed E-state index contributed by atoms with van der Waals surface area (Å²) in [5.41, 5.74) is -0.0248. The smallest absolute Gasteiger partial charge is 0.191 e. The lowest BCUT2D eigenvalue weighted by Gasteiger charge is -2.24. The molecule has 2 rings (SSSR count). The van der Waals surface area contributed by atoms with E-state index in [0.717, 1.165) is 55.3 Å². The third-order valence-electron chi connectivity index (χ3n) is 4.04. The van der Waals surface area contributed by atoms with E-state index in [9.17, 15) is 5.11 Å². The van der Waals surface area contributed by atoms with E-state index in [1.165, 1.54) is 0 Å². The van der Waals surface area contributed by atoms with Gasteiger partial charge in [-0.15, -0.1) is 24.0 Å². The van der Waals surface area contributed by atoms with Gasteiger partial charge in [-0.05, 0) is 47.8 Å². The zero-order valence-corrected chi connectivity index (χ0v) is 17.9. The Morgan fingerprint density at radius 3 is 2.83 bits per heavy atom. The number of nitrogens with zero attached hydrogens (tertiary/aromatic N) is 1. The SMILES string of the molecule is CCNC(=NCC1(CCO)CCOC1)NCCc1ccc(Br)o1.I. The normalized spacial score (nSPS) is 20.7. The molecule has 1 atom stereocenters. The van der Waals surface area contributed by atoms with Gasteiger partial charge in [-0.1, -0.05) is 0 Å². The molecule has 138 valence electrons. The molecule has 0 amide bonds. The highest BCUT2D eigenvalue weighted by Crippen LogP contribution is 2.32. The molecule has 0 aromatic carbocycles. The molecule has 1 fully saturated rings. The van der Waals surface area contributed by atoms with E-state index in [1.807, 2.05) is 19.1 Å². The minimum absolute atomic E-state index is 0. The molecule has 0 radical (unpaired) electrons. The molecule has 3 N–H and O–H groups in total. The molecule has 0 saturated carbocycles. The van der Waals surface area contributed by atoms with Crippen molar-refractivity contribution in [1.29, 1.82) is 0 Å². The highest BCUT2D eigenvalue weighted by molar-refractivity contribution is 14.0. The molecular weight excluding hydrogens is 489 g/mol. The summed E-state index contributed by atoms with van der Waals surface area (Å²) < 4.78 is 11.7. The quantitative estimate of drug-likeness (QED) is 0.282. The Hall–Kier alpha value is -0.320. The molecule has 2 heterocycles. The zero-order chi connectivity index (χ0) is 16.5. The summed E-state index contributed by atoms with van der Waals surface area (Å²) in [7, 11) is 0. The van der Waals surface area contributed by atoms with E-state index in [0.29, 0.717) is 13.2 Å². The van der Waals surface area contributed by atoms with Gasteiger partial charge in [0.25, 0.3) is 0 Å². The van der Waals surface area contributed by atoms with Crippen LogP contribution in [0.4, 0.5) is 0 Å². The summed E-state index contributed by atoms with van der Waals surface area (Å²) in [5.74, 6) is 1.73. The number of aliphatic hydroxyl groups excluding tert-OH is 1. The van der Waals surface area contributed by atoms with Crippen LogP contribution in [0, 0.1) is 5.41 Å². The maximum atomic E-state index is 9.28. The fourth-order valence-electron chi connectivity index (χ4n) is 2.67. The van der Waals surface area contributed by atoms with Crippen LogP contribution < -0.4 is 10.6 Å². The molecule has 6 nitrogen and oxygen atoms in total. The van der Waals surface area contributed by atoms with Crippen LogP contribution >= 0.6 is 39.9 Å². The van der Waals surface area contributed by atoms with Crippen molar-refractivity contribution in [2.24, 2.45) is 10.4 Å². The maximum absolute atomic E-state index is 9.28. The van der Waals surface area contributed by atoms with Gasteiger partial charge in [0, 0.05) is 38.1 Å². The van der Waals surface area contributed by atoms with Crippen LogP contribution in [-0.4, -0.2) is 50.5 Å². The predicted molar refractivity (Wildman–Crippen MR) is 109 cm³/mol. The van der Waals surface area contributed by atoms with Crippen LogP contribution in [-0.2, 0) is 11.2 Å². The fraction of sp³-hybridized carbons (Fsp3) is 0.688. The van der Waals surface area contributed by atoms with Crippen molar-refractivity contribution >= 4 is 45.9 Å². The Morgan fingerprint density at radius 1 is 1.42 bits per heavy atom. The Labute approximate surface area is 169 Å². The first-order valence-corrected chi connectivity index (χ1v) is 8.92. The lowest BCUT2D eigenvalue weighted by atomic mass is 9.84.